The fraction of sp³-hybridized carbons (Fsp3) is 0.500. The molecule has 0 bridgehead atoms. The van der Waals surface area contributed by atoms with Crippen molar-refractivity contribution in [2.45, 2.75) is 45.6 Å². The number of aromatic nitrogens is 1. The van der Waals surface area contributed by atoms with Crippen LogP contribution in [0.4, 0.5) is 0 Å². The van der Waals surface area contributed by atoms with Crippen LogP contribution in [0.5, 0.6) is 5.75 Å². The van der Waals surface area contributed by atoms with E-state index < -0.39 is 5.60 Å². The Hall–Kier alpha value is -2.34. The highest BCUT2D eigenvalue weighted by molar-refractivity contribution is 5.92. The summed E-state index contributed by atoms with van der Waals surface area (Å²) in [6.07, 6.45) is 2.01. The second-order valence-electron chi connectivity index (χ2n) is 7.12. The van der Waals surface area contributed by atoms with Crippen LogP contribution in [0.1, 0.15) is 47.1 Å². The Labute approximate surface area is 153 Å². The van der Waals surface area contributed by atoms with Gasteiger partial charge in [-0.15, -0.1) is 0 Å². The van der Waals surface area contributed by atoms with E-state index in [4.69, 9.17) is 9.26 Å². The summed E-state index contributed by atoms with van der Waals surface area (Å²) in [7, 11) is 0. The molecule has 0 spiro atoms. The standard InChI is InChI=1S/C20H26N2O4/c1-4-16-11-18(21-26-16)19(23)22-9-5-8-20(24,12-22)13-25-17-7-6-14(2)15(3)10-17/h6-7,10-11,24H,4-5,8-9,12-13H2,1-3H3. The highest BCUT2D eigenvalue weighted by Gasteiger charge is 2.37. The fourth-order valence-electron chi connectivity index (χ4n) is 3.17. The number of ether oxygens (including phenoxy) is 1. The summed E-state index contributed by atoms with van der Waals surface area (Å²) in [5.74, 6) is 1.20. The lowest BCUT2D eigenvalue weighted by atomic mass is 9.93. The van der Waals surface area contributed by atoms with E-state index in [2.05, 4.69) is 5.16 Å². The number of aliphatic hydroxyl groups is 1. The van der Waals surface area contributed by atoms with Gasteiger partial charge in [-0.25, -0.2) is 0 Å². The third kappa shape index (κ3) is 4.07. The zero-order valence-corrected chi connectivity index (χ0v) is 15.6. The summed E-state index contributed by atoms with van der Waals surface area (Å²) in [5, 5.41) is 14.8. The van der Waals surface area contributed by atoms with E-state index in [1.54, 1.807) is 11.0 Å². The first kappa shape index (κ1) is 18.5. The molecule has 3 rings (SSSR count). The molecule has 2 aromatic rings. The Balaban J connectivity index is 1.64. The van der Waals surface area contributed by atoms with Gasteiger partial charge in [0.15, 0.2) is 5.69 Å². The molecule has 1 amide bonds. The SMILES string of the molecule is CCc1cc(C(=O)N2CCCC(O)(COc3ccc(C)c(C)c3)C2)no1. The van der Waals surface area contributed by atoms with E-state index >= 15 is 0 Å². The van der Waals surface area contributed by atoms with Crippen LogP contribution >= 0.6 is 0 Å². The van der Waals surface area contributed by atoms with E-state index in [0.29, 0.717) is 30.8 Å². The number of likely N-dealkylation sites (tertiary alicyclic amines) is 1. The van der Waals surface area contributed by atoms with Crippen molar-refractivity contribution in [2.24, 2.45) is 0 Å². The smallest absolute Gasteiger partial charge is 0.276 e. The molecule has 1 aliphatic rings. The van der Waals surface area contributed by atoms with E-state index in [0.717, 1.165) is 17.7 Å². The lowest BCUT2D eigenvalue weighted by Gasteiger charge is -2.38. The van der Waals surface area contributed by atoms with E-state index in [1.165, 1.54) is 5.56 Å². The topological polar surface area (TPSA) is 75.8 Å². The van der Waals surface area contributed by atoms with Crippen LogP contribution in [-0.2, 0) is 6.42 Å². The monoisotopic (exact) mass is 358 g/mol. The fourth-order valence-corrected chi connectivity index (χ4v) is 3.17. The number of carbonyl (C=O) groups is 1. The number of rotatable bonds is 5. The molecule has 1 unspecified atom stereocenters. The van der Waals surface area contributed by atoms with Crippen molar-refractivity contribution in [3.05, 3.63) is 46.8 Å². The van der Waals surface area contributed by atoms with Crippen molar-refractivity contribution in [1.82, 2.24) is 10.1 Å². The van der Waals surface area contributed by atoms with Crippen LogP contribution < -0.4 is 4.74 Å². The molecule has 140 valence electrons. The lowest BCUT2D eigenvalue weighted by Crippen LogP contribution is -2.53. The number of β-amino-alcohol motifs (C(OH)–C–C–N with tert-alkyl or cyclic N) is 1. The molecule has 1 fully saturated rings. The third-order valence-corrected chi connectivity index (χ3v) is 4.95. The Morgan fingerprint density at radius 1 is 1.35 bits per heavy atom. The number of carbonyl (C=O) groups excluding carboxylic acids is 1. The van der Waals surface area contributed by atoms with E-state index in [9.17, 15) is 9.90 Å². The normalized spacial score (nSPS) is 20.2. The molecule has 6 heteroatoms. The number of nitrogens with zero attached hydrogens (tertiary/aromatic N) is 2. The molecule has 0 saturated carbocycles. The van der Waals surface area contributed by atoms with E-state index in [1.807, 2.05) is 39.0 Å². The molecular weight excluding hydrogens is 332 g/mol. The van der Waals surface area contributed by atoms with Gasteiger partial charge in [0.1, 0.15) is 23.7 Å². The highest BCUT2D eigenvalue weighted by Crippen LogP contribution is 2.25. The van der Waals surface area contributed by atoms with Crippen LogP contribution in [-0.4, -0.2) is 46.4 Å². The molecule has 6 nitrogen and oxygen atoms in total. The molecule has 2 heterocycles. The first-order valence-electron chi connectivity index (χ1n) is 9.07. The van der Waals surface area contributed by atoms with Gasteiger partial charge in [-0.2, -0.15) is 0 Å². The first-order chi connectivity index (χ1) is 12.4. The maximum Gasteiger partial charge on any atom is 0.276 e. The van der Waals surface area contributed by atoms with Crippen LogP contribution in [0.2, 0.25) is 0 Å². The van der Waals surface area contributed by atoms with Gasteiger partial charge in [-0.3, -0.25) is 4.79 Å². The average Bonchev–Trinajstić information content (AvgIpc) is 3.11. The van der Waals surface area contributed by atoms with Gasteiger partial charge in [-0.05, 0) is 49.9 Å². The molecule has 1 saturated heterocycles. The van der Waals surface area contributed by atoms with Crippen molar-refractivity contribution in [3.8, 4) is 5.75 Å². The largest absolute Gasteiger partial charge is 0.491 e. The van der Waals surface area contributed by atoms with Gasteiger partial charge >= 0.3 is 0 Å². The second-order valence-corrected chi connectivity index (χ2v) is 7.12. The molecule has 26 heavy (non-hydrogen) atoms. The molecule has 1 aliphatic heterocycles. The Morgan fingerprint density at radius 2 is 2.15 bits per heavy atom. The lowest BCUT2D eigenvalue weighted by molar-refractivity contribution is -0.0533. The summed E-state index contributed by atoms with van der Waals surface area (Å²) >= 11 is 0. The summed E-state index contributed by atoms with van der Waals surface area (Å²) in [6, 6.07) is 7.54. The van der Waals surface area contributed by atoms with Crippen LogP contribution in [0.15, 0.2) is 28.8 Å². The summed E-state index contributed by atoms with van der Waals surface area (Å²) in [6.45, 7) is 6.99. The van der Waals surface area contributed by atoms with Gasteiger partial charge in [0, 0.05) is 19.0 Å². The van der Waals surface area contributed by atoms with Gasteiger partial charge < -0.3 is 19.3 Å². The molecular formula is C20H26N2O4. The number of amides is 1. The third-order valence-electron chi connectivity index (χ3n) is 4.95. The number of hydrogen-bond donors (Lipinski definition) is 1. The number of aryl methyl sites for hydroxylation is 3. The molecule has 0 radical (unpaired) electrons. The molecule has 1 aromatic carbocycles. The van der Waals surface area contributed by atoms with Crippen LogP contribution in [0.3, 0.4) is 0 Å². The Kier molecular flexibility index (Phi) is 5.32. The predicted molar refractivity (Wildman–Crippen MR) is 97.4 cm³/mol. The zero-order chi connectivity index (χ0) is 18.7. The van der Waals surface area contributed by atoms with Crippen molar-refractivity contribution in [2.75, 3.05) is 19.7 Å². The zero-order valence-electron chi connectivity index (χ0n) is 15.6. The Bertz CT molecular complexity index is 786. The van der Waals surface area contributed by atoms with Gasteiger partial charge in [0.25, 0.3) is 5.91 Å². The minimum absolute atomic E-state index is 0.151. The predicted octanol–water partition coefficient (Wildman–Crippen LogP) is 2.90. The van der Waals surface area contributed by atoms with Gasteiger partial charge in [-0.1, -0.05) is 18.1 Å². The maximum atomic E-state index is 12.6. The highest BCUT2D eigenvalue weighted by atomic mass is 16.5. The number of piperidine rings is 1. The van der Waals surface area contributed by atoms with Crippen LogP contribution in [0.25, 0.3) is 0 Å². The van der Waals surface area contributed by atoms with Crippen molar-refractivity contribution in [1.29, 1.82) is 0 Å². The number of hydrogen-bond acceptors (Lipinski definition) is 5. The summed E-state index contributed by atoms with van der Waals surface area (Å²) in [5.41, 5.74) is 1.57. The van der Waals surface area contributed by atoms with Crippen molar-refractivity contribution in [3.63, 3.8) is 0 Å². The maximum absolute atomic E-state index is 12.6. The van der Waals surface area contributed by atoms with E-state index in [-0.39, 0.29) is 19.1 Å². The molecule has 1 aromatic heterocycles. The summed E-state index contributed by atoms with van der Waals surface area (Å²) < 4.78 is 10.9. The van der Waals surface area contributed by atoms with Crippen LogP contribution in [0, 0.1) is 13.8 Å². The first-order valence-corrected chi connectivity index (χ1v) is 9.07. The van der Waals surface area contributed by atoms with Crippen molar-refractivity contribution < 1.29 is 19.2 Å². The second kappa shape index (κ2) is 7.50. The number of benzene rings is 1. The van der Waals surface area contributed by atoms with Gasteiger partial charge in [0.2, 0.25) is 0 Å². The molecule has 0 aliphatic carbocycles. The van der Waals surface area contributed by atoms with Crippen molar-refractivity contribution >= 4 is 5.91 Å². The molecule has 1 atom stereocenters. The quantitative estimate of drug-likeness (QED) is 0.889. The summed E-state index contributed by atoms with van der Waals surface area (Å²) in [4.78, 5) is 14.3. The minimum Gasteiger partial charge on any atom is -0.491 e. The average molecular weight is 358 g/mol. The van der Waals surface area contributed by atoms with Gasteiger partial charge in [0.05, 0.1) is 6.54 Å². The Morgan fingerprint density at radius 3 is 2.85 bits per heavy atom. The minimum atomic E-state index is -1.07. The molecule has 1 N–H and O–H groups in total.